The molecule has 6 aromatic carbocycles. The predicted octanol–water partition coefficient (Wildman–Crippen LogP) is 14.8. The van der Waals surface area contributed by atoms with Gasteiger partial charge in [0.05, 0.1) is 44.8 Å². The molecule has 0 fully saturated rings. The number of para-hydroxylation sites is 3. The second kappa shape index (κ2) is 15.2. The lowest BCUT2D eigenvalue weighted by molar-refractivity contribution is 0.480. The van der Waals surface area contributed by atoms with E-state index in [1.807, 2.05) is 6.20 Å². The first kappa shape index (κ1) is 39.2. The molecule has 0 spiro atoms. The van der Waals surface area contributed by atoms with Crippen molar-refractivity contribution in [1.82, 2.24) is 23.9 Å². The summed E-state index contributed by atoms with van der Waals surface area (Å²) in [5.41, 5.74) is 14.9. The van der Waals surface area contributed by atoms with Gasteiger partial charge < -0.3 is 9.30 Å². The molecule has 6 nitrogen and oxygen atoms in total. The molecule has 4 aromatic heterocycles. The monoisotopic (exact) mass is 811 g/mol. The maximum absolute atomic E-state index is 6.92. The summed E-state index contributed by atoms with van der Waals surface area (Å²) >= 11 is 0. The van der Waals surface area contributed by atoms with Crippen LogP contribution >= 0.6 is 0 Å². The SMILES string of the molecule is CCc1cccc2c3cccc(CC)c3n(-c3ccnc(-n4c5ccccc5c5ccc(Oc6cc(C(C)C)cc(-n7nc(C)c(-c8ccccc8)c7C(C)(C)C)c6)cc54)c3)c12. The summed E-state index contributed by atoms with van der Waals surface area (Å²) in [6.07, 6.45) is 3.84. The molecule has 0 aliphatic carbocycles. The summed E-state index contributed by atoms with van der Waals surface area (Å²) in [6, 6.07) is 50.1. The van der Waals surface area contributed by atoms with Crippen LogP contribution in [0, 0.1) is 6.92 Å². The number of rotatable bonds is 9. The summed E-state index contributed by atoms with van der Waals surface area (Å²) < 4.78 is 13.8. The molecule has 62 heavy (non-hydrogen) atoms. The quantitative estimate of drug-likeness (QED) is 0.146. The zero-order valence-corrected chi connectivity index (χ0v) is 37.0. The van der Waals surface area contributed by atoms with E-state index in [0.717, 1.165) is 63.6 Å². The Morgan fingerprint density at radius 3 is 1.94 bits per heavy atom. The smallest absolute Gasteiger partial charge is 0.139 e. The van der Waals surface area contributed by atoms with Crippen molar-refractivity contribution in [2.24, 2.45) is 0 Å². The van der Waals surface area contributed by atoms with E-state index in [1.54, 1.807) is 0 Å². The van der Waals surface area contributed by atoms with Gasteiger partial charge >= 0.3 is 0 Å². The number of hydrogen-bond donors (Lipinski definition) is 0. The van der Waals surface area contributed by atoms with E-state index in [1.165, 1.54) is 60.7 Å². The van der Waals surface area contributed by atoms with Crippen molar-refractivity contribution in [3.63, 3.8) is 0 Å². The normalized spacial score (nSPS) is 12.1. The summed E-state index contributed by atoms with van der Waals surface area (Å²) in [6.45, 7) is 17.9. The van der Waals surface area contributed by atoms with Crippen LogP contribution in [-0.4, -0.2) is 23.9 Å². The third-order valence-corrected chi connectivity index (χ3v) is 12.5. The fraction of sp³-hybridized carbons (Fsp3) is 0.214. The Morgan fingerprint density at radius 2 is 1.26 bits per heavy atom. The van der Waals surface area contributed by atoms with Gasteiger partial charge in [-0.15, -0.1) is 0 Å². The summed E-state index contributed by atoms with van der Waals surface area (Å²) in [5.74, 6) is 2.66. The molecule has 0 saturated heterocycles. The van der Waals surface area contributed by atoms with Crippen molar-refractivity contribution in [3.8, 4) is 39.8 Å². The number of ether oxygens (including phenoxy) is 1. The van der Waals surface area contributed by atoms with Gasteiger partial charge in [-0.05, 0) is 84.3 Å². The molecular weight excluding hydrogens is 759 g/mol. The zero-order chi connectivity index (χ0) is 42.9. The summed E-state index contributed by atoms with van der Waals surface area (Å²) in [7, 11) is 0. The van der Waals surface area contributed by atoms with Gasteiger partial charge in [-0.2, -0.15) is 5.10 Å². The van der Waals surface area contributed by atoms with E-state index >= 15 is 0 Å². The summed E-state index contributed by atoms with van der Waals surface area (Å²) in [5, 5.41) is 10.1. The number of hydrogen-bond acceptors (Lipinski definition) is 3. The van der Waals surface area contributed by atoms with Crippen LogP contribution in [0.3, 0.4) is 0 Å². The van der Waals surface area contributed by atoms with Crippen LogP contribution in [0.2, 0.25) is 0 Å². The number of nitrogens with zero attached hydrogens (tertiary/aromatic N) is 5. The molecule has 308 valence electrons. The van der Waals surface area contributed by atoms with E-state index in [9.17, 15) is 0 Å². The van der Waals surface area contributed by atoms with Crippen molar-refractivity contribution in [1.29, 1.82) is 0 Å². The van der Waals surface area contributed by atoms with E-state index in [-0.39, 0.29) is 11.3 Å². The Bertz CT molecular complexity index is 3260. The molecule has 0 radical (unpaired) electrons. The highest BCUT2D eigenvalue weighted by atomic mass is 16.5. The van der Waals surface area contributed by atoms with E-state index in [4.69, 9.17) is 14.8 Å². The molecule has 0 N–H and O–H groups in total. The fourth-order valence-corrected chi connectivity index (χ4v) is 9.63. The first-order valence-electron chi connectivity index (χ1n) is 22.1. The number of pyridine rings is 1. The van der Waals surface area contributed by atoms with Gasteiger partial charge in [0, 0.05) is 56.9 Å². The maximum atomic E-state index is 6.92. The third kappa shape index (κ3) is 6.48. The molecule has 0 bridgehead atoms. The largest absolute Gasteiger partial charge is 0.457 e. The minimum atomic E-state index is -0.177. The number of benzene rings is 6. The molecule has 6 heteroatoms. The lowest BCUT2D eigenvalue weighted by Crippen LogP contribution is -2.19. The number of aryl methyl sites for hydroxylation is 3. The molecule has 0 atom stereocenters. The van der Waals surface area contributed by atoms with Crippen LogP contribution in [0.4, 0.5) is 0 Å². The highest BCUT2D eigenvalue weighted by molar-refractivity contribution is 6.12. The van der Waals surface area contributed by atoms with Gasteiger partial charge in [0.2, 0.25) is 0 Å². The van der Waals surface area contributed by atoms with Gasteiger partial charge in [-0.3, -0.25) is 4.57 Å². The van der Waals surface area contributed by atoms with Crippen LogP contribution < -0.4 is 4.74 Å². The maximum Gasteiger partial charge on any atom is 0.139 e. The average molecular weight is 812 g/mol. The van der Waals surface area contributed by atoms with Gasteiger partial charge in [0.25, 0.3) is 0 Å². The van der Waals surface area contributed by atoms with Crippen molar-refractivity contribution in [2.75, 3.05) is 0 Å². The molecule has 0 unspecified atom stereocenters. The second-order valence-corrected chi connectivity index (χ2v) is 17.9. The topological polar surface area (TPSA) is 49.8 Å². The third-order valence-electron chi connectivity index (χ3n) is 12.5. The molecule has 0 saturated carbocycles. The first-order chi connectivity index (χ1) is 30.0. The van der Waals surface area contributed by atoms with Gasteiger partial charge in [0.1, 0.15) is 17.3 Å². The Labute approximate surface area is 364 Å². The highest BCUT2D eigenvalue weighted by Gasteiger charge is 2.28. The molecule has 4 heterocycles. The zero-order valence-electron chi connectivity index (χ0n) is 37.0. The summed E-state index contributed by atoms with van der Waals surface area (Å²) in [4.78, 5) is 5.09. The molecule has 0 amide bonds. The van der Waals surface area contributed by atoms with Crippen LogP contribution in [-0.2, 0) is 18.3 Å². The van der Waals surface area contributed by atoms with Crippen molar-refractivity contribution in [3.05, 3.63) is 174 Å². The lowest BCUT2D eigenvalue weighted by Gasteiger charge is -2.24. The highest BCUT2D eigenvalue weighted by Crippen LogP contribution is 2.41. The molecule has 10 aromatic rings. The van der Waals surface area contributed by atoms with E-state index in [0.29, 0.717) is 0 Å². The molecule has 10 rings (SSSR count). The Balaban J connectivity index is 1.12. The van der Waals surface area contributed by atoms with Crippen LogP contribution in [0.15, 0.2) is 146 Å². The number of aromatic nitrogens is 5. The van der Waals surface area contributed by atoms with Gasteiger partial charge in [0.15, 0.2) is 0 Å². The first-order valence-corrected chi connectivity index (χ1v) is 22.1. The van der Waals surface area contributed by atoms with Crippen LogP contribution in [0.25, 0.3) is 71.9 Å². The number of fused-ring (bicyclic) bond motifs is 6. The predicted molar refractivity (Wildman–Crippen MR) is 258 cm³/mol. The average Bonchev–Trinajstić information content (AvgIpc) is 3.94. The van der Waals surface area contributed by atoms with Crippen LogP contribution in [0.5, 0.6) is 11.5 Å². The molecular formula is C56H53N5O. The molecule has 0 aliphatic rings. The standard InChI is InChI=1S/C56H53N5O/c1-9-37-20-16-23-47-48-24-17-21-38(10-2)54(48)59(53(37)47)41-28-29-57-51(33-41)60-49-25-15-14-22-45(49)46-27-26-43(34-50(46)60)62-44-31-40(35(3)4)30-42(32-44)61-55(56(6,7)8)52(36(5)58-61)39-18-12-11-13-19-39/h11-35H,9-10H2,1-8H3. The van der Waals surface area contributed by atoms with E-state index < -0.39 is 0 Å². The Morgan fingerprint density at radius 1 is 0.597 bits per heavy atom. The fourth-order valence-electron chi connectivity index (χ4n) is 9.63. The van der Waals surface area contributed by atoms with E-state index in [2.05, 4.69) is 209 Å². The minimum Gasteiger partial charge on any atom is -0.457 e. The van der Waals surface area contributed by atoms with Crippen molar-refractivity contribution in [2.45, 2.75) is 79.6 Å². The minimum absolute atomic E-state index is 0.177. The van der Waals surface area contributed by atoms with Crippen molar-refractivity contribution >= 4 is 43.6 Å². The molecule has 0 aliphatic heterocycles. The Kier molecular flexibility index (Phi) is 9.63. The van der Waals surface area contributed by atoms with Crippen molar-refractivity contribution < 1.29 is 4.74 Å². The second-order valence-electron chi connectivity index (χ2n) is 17.9. The van der Waals surface area contributed by atoms with Gasteiger partial charge in [-0.25, -0.2) is 9.67 Å². The van der Waals surface area contributed by atoms with Crippen LogP contribution in [0.1, 0.15) is 82.5 Å². The lowest BCUT2D eigenvalue weighted by atomic mass is 9.86. The van der Waals surface area contributed by atoms with Gasteiger partial charge in [-0.1, -0.05) is 133 Å². The Hall–Kier alpha value is -6.92.